The minimum absolute atomic E-state index is 0.0833. The lowest BCUT2D eigenvalue weighted by Crippen LogP contribution is -2.03. The van der Waals surface area contributed by atoms with Gasteiger partial charge in [-0.25, -0.2) is 19.2 Å². The first-order valence-corrected chi connectivity index (χ1v) is 6.98. The van der Waals surface area contributed by atoms with Crippen molar-refractivity contribution in [1.29, 1.82) is 0 Å². The highest BCUT2D eigenvalue weighted by atomic mass is 16.4. The third kappa shape index (κ3) is 8.29. The summed E-state index contributed by atoms with van der Waals surface area (Å²) < 4.78 is 4.41. The highest BCUT2D eigenvalue weighted by Gasteiger charge is 2.18. The van der Waals surface area contributed by atoms with Crippen LogP contribution < -0.4 is 0 Å². The molecule has 11 nitrogen and oxygen atoms in total. The van der Waals surface area contributed by atoms with Crippen LogP contribution in [0.4, 0.5) is 0 Å². The first-order valence-electron chi connectivity index (χ1n) is 6.98. The fraction of sp³-hybridized carbons (Fsp3) is 0.125. The zero-order valence-corrected chi connectivity index (χ0v) is 13.6. The van der Waals surface area contributed by atoms with Crippen molar-refractivity contribution < 1.29 is 54.2 Å². The van der Waals surface area contributed by atoms with E-state index in [1.165, 1.54) is 24.3 Å². The molecule has 146 valence electrons. The molecule has 0 saturated carbocycles. The van der Waals surface area contributed by atoms with Gasteiger partial charge in [-0.1, -0.05) is 0 Å². The maximum absolute atomic E-state index is 10.3. The quantitative estimate of drug-likeness (QED) is 0.424. The second-order valence-corrected chi connectivity index (χ2v) is 4.41. The molecule has 27 heavy (non-hydrogen) atoms. The smallest absolute Gasteiger partial charge is 0.372 e. The van der Waals surface area contributed by atoms with E-state index in [4.69, 9.17) is 30.6 Å². The van der Waals surface area contributed by atoms with Crippen LogP contribution >= 0.6 is 0 Å². The first kappa shape index (κ1) is 23.3. The van der Waals surface area contributed by atoms with E-state index in [9.17, 15) is 19.2 Å². The molecule has 0 saturated heterocycles. The van der Waals surface area contributed by atoms with Crippen molar-refractivity contribution in [1.82, 2.24) is 0 Å². The summed E-state index contributed by atoms with van der Waals surface area (Å²) in [7, 11) is 0. The van der Waals surface area contributed by atoms with Crippen LogP contribution in [0.1, 0.15) is 41.6 Å². The molecule has 1 aromatic heterocycles. The Bertz CT molecular complexity index is 710. The van der Waals surface area contributed by atoms with Crippen LogP contribution in [0.3, 0.4) is 0 Å². The molecule has 1 aromatic carbocycles. The molecule has 11 heteroatoms. The number of furan rings is 1. The third-order valence-corrected chi connectivity index (χ3v) is 2.57. The summed E-state index contributed by atoms with van der Waals surface area (Å²) in [5, 5.41) is 48.9. The molecule has 0 radical (unpaired) electrons. The van der Waals surface area contributed by atoms with E-state index < -0.39 is 29.6 Å². The molecule has 0 amide bonds. The number of benzene rings is 1. The van der Waals surface area contributed by atoms with E-state index in [2.05, 4.69) is 4.42 Å². The fourth-order valence-corrected chi connectivity index (χ4v) is 1.40. The number of hydrogen-bond acceptors (Lipinski definition) is 7. The van der Waals surface area contributed by atoms with Crippen molar-refractivity contribution >= 4 is 23.9 Å². The molecule has 0 bridgehead atoms. The van der Waals surface area contributed by atoms with Crippen LogP contribution in [0.5, 0.6) is 0 Å². The van der Waals surface area contributed by atoms with Crippen molar-refractivity contribution in [3.05, 3.63) is 59.0 Å². The number of carboxylic acids is 4. The molecule has 6 N–H and O–H groups in total. The summed E-state index contributed by atoms with van der Waals surface area (Å²) in [6.07, 6.45) is 1.02. The summed E-state index contributed by atoms with van der Waals surface area (Å²) in [4.78, 5) is 41.2. The summed E-state index contributed by atoms with van der Waals surface area (Å²) >= 11 is 0. The maximum Gasteiger partial charge on any atom is 0.372 e. The SMILES string of the molecule is O=C(O)c1ccc(C(=O)O)cc1.O=C(O)c1ccoc1C(=O)O.OCCO. The highest BCUT2D eigenvalue weighted by Crippen LogP contribution is 2.09. The van der Waals surface area contributed by atoms with Gasteiger partial charge in [0.25, 0.3) is 0 Å². The number of aromatic carboxylic acids is 4. The molecule has 0 spiro atoms. The van der Waals surface area contributed by atoms with Gasteiger partial charge in [-0.3, -0.25) is 0 Å². The summed E-state index contributed by atoms with van der Waals surface area (Å²) in [5.74, 6) is -5.36. The second-order valence-electron chi connectivity index (χ2n) is 4.41. The second kappa shape index (κ2) is 11.8. The number of rotatable bonds is 5. The summed E-state index contributed by atoms with van der Waals surface area (Å²) in [5.41, 5.74) is -0.169. The number of hydrogen-bond donors (Lipinski definition) is 6. The summed E-state index contributed by atoms with van der Waals surface area (Å²) in [6.45, 7) is -0.250. The minimum Gasteiger partial charge on any atom is -0.478 e. The molecule has 0 aliphatic heterocycles. The number of carboxylic acid groups (broad SMARTS) is 4. The normalized spacial score (nSPS) is 9.11. The van der Waals surface area contributed by atoms with Crippen molar-refractivity contribution in [2.45, 2.75) is 0 Å². The zero-order chi connectivity index (χ0) is 21.0. The Kier molecular flexibility index (Phi) is 10.2. The van der Waals surface area contributed by atoms with Crippen LogP contribution in [0.15, 0.2) is 41.0 Å². The van der Waals surface area contributed by atoms with Gasteiger partial charge in [0.1, 0.15) is 5.56 Å². The standard InChI is InChI=1S/C8H6O4.C6H4O5.C2H6O2/c9-7(10)5-1-2-6(4-3-5)8(11)12;7-5(8)3-1-2-11-4(3)6(9)10;3-1-2-4/h1-4H,(H,9,10)(H,11,12);1-2H,(H,7,8)(H,9,10);3-4H,1-2H2. The van der Waals surface area contributed by atoms with Gasteiger partial charge < -0.3 is 35.1 Å². The molecular formula is C16H16O11. The van der Waals surface area contributed by atoms with Gasteiger partial charge in [-0.2, -0.15) is 0 Å². The Morgan fingerprint density at radius 1 is 0.667 bits per heavy atom. The Morgan fingerprint density at radius 2 is 1.07 bits per heavy atom. The van der Waals surface area contributed by atoms with Gasteiger partial charge in [-0.15, -0.1) is 0 Å². The lowest BCUT2D eigenvalue weighted by molar-refractivity contribution is 0.0625. The Morgan fingerprint density at radius 3 is 1.30 bits per heavy atom. The zero-order valence-electron chi connectivity index (χ0n) is 13.6. The highest BCUT2D eigenvalue weighted by molar-refractivity contribution is 5.99. The van der Waals surface area contributed by atoms with Gasteiger partial charge in [0, 0.05) is 0 Å². The molecule has 0 unspecified atom stereocenters. The van der Waals surface area contributed by atoms with Gasteiger partial charge in [0.2, 0.25) is 5.76 Å². The number of carbonyl (C=O) groups is 4. The fourth-order valence-electron chi connectivity index (χ4n) is 1.40. The molecule has 2 rings (SSSR count). The lowest BCUT2D eigenvalue weighted by atomic mass is 10.1. The van der Waals surface area contributed by atoms with Gasteiger partial charge in [-0.05, 0) is 30.3 Å². The Balaban J connectivity index is 0.000000421. The predicted molar refractivity (Wildman–Crippen MR) is 87.2 cm³/mol. The first-order chi connectivity index (χ1) is 12.6. The van der Waals surface area contributed by atoms with E-state index >= 15 is 0 Å². The van der Waals surface area contributed by atoms with Crippen LogP contribution in [0, 0.1) is 0 Å². The monoisotopic (exact) mass is 384 g/mol. The van der Waals surface area contributed by atoms with Gasteiger partial charge in [0.15, 0.2) is 0 Å². The Labute approximate surface area is 151 Å². The van der Waals surface area contributed by atoms with Crippen LogP contribution in [-0.4, -0.2) is 67.7 Å². The maximum atomic E-state index is 10.3. The van der Waals surface area contributed by atoms with E-state index in [0.717, 1.165) is 12.3 Å². The van der Waals surface area contributed by atoms with E-state index in [-0.39, 0.29) is 29.9 Å². The topological polar surface area (TPSA) is 203 Å². The van der Waals surface area contributed by atoms with Crippen molar-refractivity contribution in [3.63, 3.8) is 0 Å². The average molecular weight is 384 g/mol. The molecular weight excluding hydrogens is 368 g/mol. The average Bonchev–Trinajstić information content (AvgIpc) is 3.13. The summed E-state index contributed by atoms with van der Waals surface area (Å²) in [6, 6.07) is 6.11. The van der Waals surface area contributed by atoms with E-state index in [1.807, 2.05) is 0 Å². The van der Waals surface area contributed by atoms with Crippen molar-refractivity contribution in [2.24, 2.45) is 0 Å². The van der Waals surface area contributed by atoms with Crippen LogP contribution in [0.25, 0.3) is 0 Å². The molecule has 2 aromatic rings. The largest absolute Gasteiger partial charge is 0.478 e. The molecule has 0 fully saturated rings. The van der Waals surface area contributed by atoms with Gasteiger partial charge in [0.05, 0.1) is 30.6 Å². The lowest BCUT2D eigenvalue weighted by Gasteiger charge is -1.94. The predicted octanol–water partition coefficient (Wildman–Crippen LogP) is 0.730. The van der Waals surface area contributed by atoms with Crippen LogP contribution in [0.2, 0.25) is 0 Å². The molecule has 0 aliphatic carbocycles. The molecule has 0 aliphatic rings. The Hall–Kier alpha value is -3.70. The number of aliphatic hydroxyl groups excluding tert-OH is 2. The minimum atomic E-state index is -1.38. The van der Waals surface area contributed by atoms with Crippen molar-refractivity contribution in [2.75, 3.05) is 13.2 Å². The van der Waals surface area contributed by atoms with Gasteiger partial charge >= 0.3 is 23.9 Å². The van der Waals surface area contributed by atoms with Crippen molar-refractivity contribution in [3.8, 4) is 0 Å². The van der Waals surface area contributed by atoms with E-state index in [1.54, 1.807) is 0 Å². The van der Waals surface area contributed by atoms with E-state index in [0.29, 0.717) is 0 Å². The number of aliphatic hydroxyl groups is 2. The molecule has 1 heterocycles. The van der Waals surface area contributed by atoms with Crippen LogP contribution in [-0.2, 0) is 0 Å². The molecule has 0 atom stereocenters. The third-order valence-electron chi connectivity index (χ3n) is 2.57.